The number of carbonyl (C=O) groups excluding carboxylic acids is 1. The van der Waals surface area contributed by atoms with E-state index in [0.717, 1.165) is 62.6 Å². The minimum Gasteiger partial charge on any atom is -0.343 e. The molecule has 1 amide bonds. The van der Waals surface area contributed by atoms with Crippen molar-refractivity contribution in [2.45, 2.75) is 84.0 Å². The Morgan fingerprint density at radius 3 is 1.48 bits per heavy atom. The van der Waals surface area contributed by atoms with E-state index in [1.807, 2.05) is 44.7 Å². The van der Waals surface area contributed by atoms with E-state index in [1.165, 1.54) is 24.3 Å². The molecule has 0 atom stereocenters. The molecule has 2 aliphatic heterocycles. The van der Waals surface area contributed by atoms with E-state index >= 15 is 0 Å². The zero-order valence-electron chi connectivity index (χ0n) is 36.6. The molecule has 65 heavy (non-hydrogen) atoms. The highest BCUT2D eigenvalue weighted by atomic mass is 19.1. The molecule has 0 spiro atoms. The molecular weight excluding hydrogens is 841 g/mol. The lowest BCUT2D eigenvalue weighted by Crippen LogP contribution is -2.36. The third-order valence-electron chi connectivity index (χ3n) is 12.0. The zero-order valence-corrected chi connectivity index (χ0v) is 36.6. The van der Waals surface area contributed by atoms with Crippen molar-refractivity contribution in [3.8, 4) is 45.3 Å². The summed E-state index contributed by atoms with van der Waals surface area (Å²) in [6.07, 6.45) is 3.36. The summed E-state index contributed by atoms with van der Waals surface area (Å²) in [6.45, 7) is 12.7. The average molecular weight is 889 g/mol. The second-order valence-electron chi connectivity index (χ2n) is 17.1. The minimum atomic E-state index is -0.695. The molecule has 2 saturated heterocycles. The van der Waals surface area contributed by atoms with Crippen LogP contribution in [0.15, 0.2) is 60.7 Å². The molecule has 0 aliphatic carbocycles. The van der Waals surface area contributed by atoms with Crippen LogP contribution < -0.4 is 5.32 Å². The third kappa shape index (κ3) is 8.71. The van der Waals surface area contributed by atoms with Gasteiger partial charge in [-0.05, 0) is 87.3 Å². The topological polar surface area (TPSA) is 176 Å². The fraction of sp³-hybridized carbons (Fsp3) is 0.370. The maximum atomic E-state index is 14.8. The number of piperidine rings is 2. The van der Waals surface area contributed by atoms with E-state index in [1.54, 1.807) is 28.1 Å². The molecule has 0 unspecified atom stereocenters. The van der Waals surface area contributed by atoms with E-state index in [2.05, 4.69) is 35.7 Å². The van der Waals surface area contributed by atoms with Crippen molar-refractivity contribution in [3.63, 3.8) is 0 Å². The van der Waals surface area contributed by atoms with Crippen LogP contribution in [0.2, 0.25) is 0 Å². The zero-order chi connectivity index (χ0) is 45.5. The second kappa shape index (κ2) is 17.9. The monoisotopic (exact) mass is 888 g/mol. The standard InChI is InChI=1S/C24H25F2N7O.C22H23F2N7/c1-13(2)24-30-29-20-7-6-19(31-33(20)24)22-21(17-5-4-16(25)12-18(17)26)27-23(28-22)15-8-10-32(11-9-15)14(3)34;1-12(2)22-29-28-18-6-5-17(30-31(18)22)20-19(15-4-3-14(23)11-16(15)24)26-21(27-20)13-7-9-25-10-8-13/h4-7,12-13,15H,8-11H2,1-3H3,(H,27,28);3-6,11-13,25H,7-10H2,1-2H3,(H,26,27). The van der Waals surface area contributed by atoms with Gasteiger partial charge >= 0.3 is 0 Å². The van der Waals surface area contributed by atoms with Crippen LogP contribution in [-0.4, -0.2) is 96.5 Å². The number of amides is 1. The molecule has 8 aromatic rings. The fourth-order valence-electron chi connectivity index (χ4n) is 8.45. The lowest BCUT2D eigenvalue weighted by molar-refractivity contribution is -0.129. The Morgan fingerprint density at radius 1 is 0.615 bits per heavy atom. The summed E-state index contributed by atoms with van der Waals surface area (Å²) in [5, 5.41) is 29.6. The van der Waals surface area contributed by atoms with E-state index < -0.39 is 23.3 Å². The van der Waals surface area contributed by atoms with Gasteiger partial charge in [0.25, 0.3) is 0 Å². The van der Waals surface area contributed by atoms with Gasteiger partial charge in [-0.1, -0.05) is 27.7 Å². The van der Waals surface area contributed by atoms with E-state index in [9.17, 15) is 22.4 Å². The van der Waals surface area contributed by atoms with Crippen LogP contribution in [0, 0.1) is 23.3 Å². The van der Waals surface area contributed by atoms with E-state index in [-0.39, 0.29) is 40.7 Å². The first-order valence-electron chi connectivity index (χ1n) is 21.8. The SMILES string of the molecule is CC(=O)N1CCC(c2nc(-c3ccc(F)cc3F)c(-c3ccc4nnc(C(C)C)n4n3)[nH]2)CC1.CC(C)c1nnc2ccc(-c3[nH]c(C4CCNCC4)nc3-c3ccc(F)cc3F)nn12. The van der Waals surface area contributed by atoms with Crippen molar-refractivity contribution in [3.05, 3.63) is 107 Å². The van der Waals surface area contributed by atoms with Crippen molar-refractivity contribution in [2.24, 2.45) is 0 Å². The molecule has 0 saturated carbocycles. The Kier molecular flexibility index (Phi) is 12.0. The summed E-state index contributed by atoms with van der Waals surface area (Å²) in [5.41, 5.74) is 4.76. The quantitative estimate of drug-likeness (QED) is 0.126. The maximum absolute atomic E-state index is 14.8. The first kappa shape index (κ1) is 43.4. The number of aromatic amines is 2. The van der Waals surface area contributed by atoms with Gasteiger partial charge in [-0.3, -0.25) is 4.79 Å². The lowest BCUT2D eigenvalue weighted by Gasteiger charge is -2.30. The van der Waals surface area contributed by atoms with Gasteiger partial charge in [0, 0.05) is 66.9 Å². The van der Waals surface area contributed by atoms with Crippen molar-refractivity contribution in [1.82, 2.24) is 69.8 Å². The van der Waals surface area contributed by atoms with Crippen LogP contribution in [0.25, 0.3) is 56.6 Å². The largest absolute Gasteiger partial charge is 0.343 e. The van der Waals surface area contributed by atoms with Gasteiger partial charge in [-0.15, -0.1) is 20.4 Å². The van der Waals surface area contributed by atoms with Gasteiger partial charge in [0.15, 0.2) is 22.9 Å². The molecular formula is C46H48F4N14O. The summed E-state index contributed by atoms with van der Waals surface area (Å²) in [7, 11) is 0. The molecule has 3 N–H and O–H groups in total. The summed E-state index contributed by atoms with van der Waals surface area (Å²) < 4.78 is 60.1. The average Bonchev–Trinajstić information content (AvgIpc) is 4.12. The summed E-state index contributed by atoms with van der Waals surface area (Å²) in [4.78, 5) is 29.8. The predicted octanol–water partition coefficient (Wildman–Crippen LogP) is 8.36. The number of nitrogens with zero attached hydrogens (tertiary/aromatic N) is 11. The Hall–Kier alpha value is -6.89. The molecule has 19 heteroatoms. The Labute approximate surface area is 371 Å². The van der Waals surface area contributed by atoms with Gasteiger partial charge in [-0.25, -0.2) is 27.5 Å². The van der Waals surface area contributed by atoms with Crippen molar-refractivity contribution in [2.75, 3.05) is 26.2 Å². The number of carbonyl (C=O) groups is 1. The van der Waals surface area contributed by atoms with Crippen molar-refractivity contribution >= 4 is 17.2 Å². The fourth-order valence-corrected chi connectivity index (χ4v) is 8.45. The molecule has 2 aliphatic rings. The molecule has 10 rings (SSSR count). The molecule has 0 bridgehead atoms. The highest BCUT2D eigenvalue weighted by Crippen LogP contribution is 2.37. The molecule has 2 fully saturated rings. The highest BCUT2D eigenvalue weighted by molar-refractivity contribution is 5.78. The van der Waals surface area contributed by atoms with Gasteiger partial charge < -0.3 is 20.2 Å². The number of halogens is 4. The second-order valence-corrected chi connectivity index (χ2v) is 17.1. The Bertz CT molecular complexity index is 3010. The van der Waals surface area contributed by atoms with Crippen LogP contribution >= 0.6 is 0 Å². The van der Waals surface area contributed by atoms with Crippen molar-refractivity contribution in [1.29, 1.82) is 0 Å². The number of H-pyrrole nitrogens is 2. The van der Waals surface area contributed by atoms with Crippen LogP contribution in [0.1, 0.15) is 107 Å². The Morgan fingerprint density at radius 2 is 1.06 bits per heavy atom. The highest BCUT2D eigenvalue weighted by Gasteiger charge is 2.29. The molecule has 0 radical (unpaired) electrons. The minimum absolute atomic E-state index is 0.0556. The first-order chi connectivity index (χ1) is 31.3. The maximum Gasteiger partial charge on any atom is 0.219 e. The number of fused-ring (bicyclic) bond motifs is 2. The molecule has 8 heterocycles. The molecule has 6 aromatic heterocycles. The molecule has 2 aromatic carbocycles. The third-order valence-corrected chi connectivity index (χ3v) is 12.0. The summed E-state index contributed by atoms with van der Waals surface area (Å²) in [6, 6.07) is 14.2. The van der Waals surface area contributed by atoms with Crippen molar-refractivity contribution < 1.29 is 22.4 Å². The number of aromatic nitrogens is 12. The Balaban J connectivity index is 0.000000165. The van der Waals surface area contributed by atoms with Gasteiger partial charge in [0.2, 0.25) is 5.91 Å². The van der Waals surface area contributed by atoms with Crippen LogP contribution in [0.4, 0.5) is 17.6 Å². The number of hydrogen-bond acceptors (Lipinski definition) is 10. The number of rotatable bonds is 8. The predicted molar refractivity (Wildman–Crippen MR) is 235 cm³/mol. The van der Waals surface area contributed by atoms with Crippen LogP contribution in [0.3, 0.4) is 0 Å². The number of nitrogens with one attached hydrogen (secondary N) is 3. The summed E-state index contributed by atoms with van der Waals surface area (Å²) >= 11 is 0. The number of benzene rings is 2. The number of hydrogen-bond donors (Lipinski definition) is 3. The van der Waals surface area contributed by atoms with Gasteiger partial charge in [-0.2, -0.15) is 19.2 Å². The van der Waals surface area contributed by atoms with E-state index in [0.29, 0.717) is 70.2 Å². The normalized spacial score (nSPS) is 15.1. The molecule has 336 valence electrons. The smallest absolute Gasteiger partial charge is 0.219 e. The molecule has 15 nitrogen and oxygen atoms in total. The van der Waals surface area contributed by atoms with Crippen LogP contribution in [0.5, 0.6) is 0 Å². The van der Waals surface area contributed by atoms with E-state index in [4.69, 9.17) is 20.2 Å². The van der Waals surface area contributed by atoms with Gasteiger partial charge in [0.1, 0.15) is 57.7 Å². The first-order valence-corrected chi connectivity index (χ1v) is 21.8. The number of likely N-dealkylation sites (tertiary alicyclic amines) is 1. The van der Waals surface area contributed by atoms with Crippen LogP contribution in [-0.2, 0) is 4.79 Å². The summed E-state index contributed by atoms with van der Waals surface area (Å²) in [5.74, 6) is 0.942. The number of imidazole rings is 2. The van der Waals surface area contributed by atoms with Gasteiger partial charge in [0.05, 0.1) is 11.4 Å². The lowest BCUT2D eigenvalue weighted by atomic mass is 9.96.